The highest BCUT2D eigenvalue weighted by Gasteiger charge is 2.26. The first-order valence-corrected chi connectivity index (χ1v) is 8.40. The predicted molar refractivity (Wildman–Crippen MR) is 82.1 cm³/mol. The van der Waals surface area contributed by atoms with Crippen LogP contribution in [0.15, 0.2) is 0 Å². The van der Waals surface area contributed by atoms with Crippen LogP contribution in [0.1, 0.15) is 39.0 Å². The summed E-state index contributed by atoms with van der Waals surface area (Å²) in [6.45, 7) is 8.45. The average molecular weight is 284 g/mol. The van der Waals surface area contributed by atoms with E-state index < -0.39 is 0 Å². The van der Waals surface area contributed by atoms with Gasteiger partial charge in [-0.3, -0.25) is 0 Å². The average Bonchev–Trinajstić information content (AvgIpc) is 2.87. The van der Waals surface area contributed by atoms with Crippen LogP contribution in [0.4, 0.5) is 0 Å². The van der Waals surface area contributed by atoms with Gasteiger partial charge in [0.25, 0.3) is 0 Å². The molecule has 0 bridgehead atoms. The largest absolute Gasteiger partial charge is 0.381 e. The first-order valence-electron chi connectivity index (χ1n) is 8.40. The Balaban J connectivity index is 1.58. The Morgan fingerprint density at radius 2 is 2.00 bits per heavy atom. The summed E-state index contributed by atoms with van der Waals surface area (Å²) in [6, 6.07) is 0. The quantitative estimate of drug-likeness (QED) is 0.690. The van der Waals surface area contributed by atoms with Gasteiger partial charge in [-0.05, 0) is 51.6 Å². The molecule has 0 aromatic carbocycles. The van der Waals surface area contributed by atoms with Gasteiger partial charge in [-0.1, -0.05) is 6.92 Å². The van der Waals surface area contributed by atoms with Crippen LogP contribution in [-0.2, 0) is 9.47 Å². The lowest BCUT2D eigenvalue weighted by atomic mass is 10.0. The highest BCUT2D eigenvalue weighted by Crippen LogP contribution is 2.21. The lowest BCUT2D eigenvalue weighted by molar-refractivity contribution is 0.0114. The van der Waals surface area contributed by atoms with Gasteiger partial charge in [0.15, 0.2) is 0 Å². The van der Waals surface area contributed by atoms with Crippen molar-refractivity contribution in [3.8, 4) is 0 Å². The van der Waals surface area contributed by atoms with Crippen molar-refractivity contribution in [2.75, 3.05) is 46.4 Å². The SMILES string of the molecule is CCCNCC1CCC(CN(C)CC2CCCOC2)O1. The molecule has 0 aromatic heterocycles. The van der Waals surface area contributed by atoms with Crippen LogP contribution in [0.3, 0.4) is 0 Å². The number of ether oxygens (including phenoxy) is 2. The van der Waals surface area contributed by atoms with E-state index >= 15 is 0 Å². The molecule has 0 aromatic rings. The third-order valence-corrected chi connectivity index (χ3v) is 4.33. The molecule has 2 heterocycles. The summed E-state index contributed by atoms with van der Waals surface area (Å²) in [4.78, 5) is 2.44. The lowest BCUT2D eigenvalue weighted by Gasteiger charge is -2.28. The van der Waals surface area contributed by atoms with Gasteiger partial charge in [-0.25, -0.2) is 0 Å². The standard InChI is InChI=1S/C16H32N2O2/c1-3-8-17-10-15-6-7-16(20-15)12-18(2)11-14-5-4-9-19-13-14/h14-17H,3-13H2,1-2H3. The molecule has 4 heteroatoms. The summed E-state index contributed by atoms with van der Waals surface area (Å²) < 4.78 is 11.7. The minimum atomic E-state index is 0.429. The van der Waals surface area contributed by atoms with Gasteiger partial charge in [0.2, 0.25) is 0 Å². The number of nitrogens with one attached hydrogen (secondary N) is 1. The predicted octanol–water partition coefficient (Wildman–Crippen LogP) is 1.89. The molecular formula is C16H32N2O2. The van der Waals surface area contributed by atoms with Crippen molar-refractivity contribution in [3.63, 3.8) is 0 Å². The lowest BCUT2D eigenvalue weighted by Crippen LogP contribution is -2.36. The molecule has 1 N–H and O–H groups in total. The van der Waals surface area contributed by atoms with Gasteiger partial charge in [-0.15, -0.1) is 0 Å². The zero-order valence-electron chi connectivity index (χ0n) is 13.3. The topological polar surface area (TPSA) is 33.7 Å². The summed E-state index contributed by atoms with van der Waals surface area (Å²) in [7, 11) is 2.22. The van der Waals surface area contributed by atoms with E-state index in [4.69, 9.17) is 9.47 Å². The maximum atomic E-state index is 6.13. The Bertz CT molecular complexity index is 257. The molecule has 20 heavy (non-hydrogen) atoms. The van der Waals surface area contributed by atoms with E-state index in [2.05, 4.69) is 24.2 Å². The van der Waals surface area contributed by atoms with Crippen LogP contribution in [0.5, 0.6) is 0 Å². The Labute approximate surface area is 124 Å². The minimum Gasteiger partial charge on any atom is -0.381 e. The van der Waals surface area contributed by atoms with Gasteiger partial charge in [0, 0.05) is 26.2 Å². The third-order valence-electron chi connectivity index (χ3n) is 4.33. The molecule has 0 spiro atoms. The summed E-state index contributed by atoms with van der Waals surface area (Å²) in [5, 5.41) is 3.46. The van der Waals surface area contributed by atoms with Crippen molar-refractivity contribution < 1.29 is 9.47 Å². The van der Waals surface area contributed by atoms with Gasteiger partial charge in [0.1, 0.15) is 0 Å². The molecule has 3 atom stereocenters. The van der Waals surface area contributed by atoms with Gasteiger partial charge in [-0.2, -0.15) is 0 Å². The maximum absolute atomic E-state index is 6.13. The second-order valence-electron chi connectivity index (χ2n) is 6.47. The Morgan fingerprint density at radius 3 is 2.75 bits per heavy atom. The number of hydrogen-bond donors (Lipinski definition) is 1. The molecule has 0 saturated carbocycles. The van der Waals surface area contributed by atoms with E-state index in [1.165, 1.54) is 32.1 Å². The van der Waals surface area contributed by atoms with E-state index in [-0.39, 0.29) is 0 Å². The molecular weight excluding hydrogens is 252 g/mol. The zero-order valence-corrected chi connectivity index (χ0v) is 13.3. The molecule has 3 unspecified atom stereocenters. The van der Waals surface area contributed by atoms with Crippen molar-refractivity contribution >= 4 is 0 Å². The molecule has 0 aliphatic carbocycles. The number of nitrogens with zero attached hydrogens (tertiary/aromatic N) is 1. The normalized spacial score (nSPS) is 31.1. The van der Waals surface area contributed by atoms with Crippen LogP contribution in [0.25, 0.3) is 0 Å². The fourth-order valence-corrected chi connectivity index (χ4v) is 3.32. The maximum Gasteiger partial charge on any atom is 0.0707 e. The van der Waals surface area contributed by atoms with Crippen LogP contribution in [0, 0.1) is 5.92 Å². The molecule has 0 amide bonds. The summed E-state index contributed by atoms with van der Waals surface area (Å²) >= 11 is 0. The first kappa shape index (κ1) is 16.2. The monoisotopic (exact) mass is 284 g/mol. The van der Waals surface area contributed by atoms with E-state index in [1.54, 1.807) is 0 Å². The number of likely N-dealkylation sites (N-methyl/N-ethyl adjacent to an activating group) is 1. The van der Waals surface area contributed by atoms with Crippen LogP contribution >= 0.6 is 0 Å². The molecule has 118 valence electrons. The zero-order chi connectivity index (χ0) is 14.2. The van der Waals surface area contributed by atoms with Gasteiger partial charge >= 0.3 is 0 Å². The first-order chi connectivity index (χ1) is 9.78. The molecule has 2 rings (SSSR count). The summed E-state index contributed by atoms with van der Waals surface area (Å²) in [6.07, 6.45) is 7.02. The number of rotatable bonds is 8. The van der Waals surface area contributed by atoms with Crippen molar-refractivity contribution in [3.05, 3.63) is 0 Å². The van der Waals surface area contributed by atoms with Crippen LogP contribution in [0.2, 0.25) is 0 Å². The van der Waals surface area contributed by atoms with Crippen molar-refractivity contribution in [2.24, 2.45) is 5.92 Å². The van der Waals surface area contributed by atoms with Gasteiger partial charge in [0.05, 0.1) is 18.8 Å². The third kappa shape index (κ3) is 5.68. The molecule has 2 fully saturated rings. The summed E-state index contributed by atoms with van der Waals surface area (Å²) in [5.74, 6) is 0.720. The second kappa shape index (κ2) is 8.98. The van der Waals surface area contributed by atoms with E-state index in [1.807, 2.05) is 0 Å². The van der Waals surface area contributed by atoms with Gasteiger partial charge < -0.3 is 19.7 Å². The molecule has 2 saturated heterocycles. The van der Waals surface area contributed by atoms with Crippen LogP contribution < -0.4 is 5.32 Å². The Hall–Kier alpha value is -0.160. The Kier molecular flexibility index (Phi) is 7.28. The van der Waals surface area contributed by atoms with Crippen molar-refractivity contribution in [2.45, 2.75) is 51.2 Å². The second-order valence-corrected chi connectivity index (χ2v) is 6.47. The van der Waals surface area contributed by atoms with Crippen LogP contribution in [-0.4, -0.2) is 63.5 Å². The highest BCUT2D eigenvalue weighted by atomic mass is 16.5. The minimum absolute atomic E-state index is 0.429. The molecule has 0 radical (unpaired) electrons. The molecule has 4 nitrogen and oxygen atoms in total. The Morgan fingerprint density at radius 1 is 1.15 bits per heavy atom. The fraction of sp³-hybridized carbons (Fsp3) is 1.00. The number of hydrogen-bond acceptors (Lipinski definition) is 4. The van der Waals surface area contributed by atoms with E-state index in [9.17, 15) is 0 Å². The summed E-state index contributed by atoms with van der Waals surface area (Å²) in [5.41, 5.74) is 0. The molecule has 2 aliphatic rings. The van der Waals surface area contributed by atoms with E-state index in [0.29, 0.717) is 12.2 Å². The van der Waals surface area contributed by atoms with Crippen molar-refractivity contribution in [1.82, 2.24) is 10.2 Å². The fourth-order valence-electron chi connectivity index (χ4n) is 3.32. The molecule has 2 aliphatic heterocycles. The van der Waals surface area contributed by atoms with E-state index in [0.717, 1.165) is 45.3 Å². The highest BCUT2D eigenvalue weighted by molar-refractivity contribution is 4.78. The van der Waals surface area contributed by atoms with Crippen molar-refractivity contribution in [1.29, 1.82) is 0 Å². The smallest absolute Gasteiger partial charge is 0.0707 e.